The van der Waals surface area contributed by atoms with E-state index < -0.39 is 0 Å². The van der Waals surface area contributed by atoms with Crippen molar-refractivity contribution >= 4 is 27.5 Å². The molecule has 30 heavy (non-hydrogen) atoms. The zero-order chi connectivity index (χ0) is 21.3. The molecule has 154 valence electrons. The Labute approximate surface area is 184 Å². The van der Waals surface area contributed by atoms with Crippen LogP contribution in [0.25, 0.3) is 11.1 Å². The number of rotatable bonds is 8. The van der Waals surface area contributed by atoms with Crippen LogP contribution in [0.15, 0.2) is 82.4 Å². The number of methoxy groups -OCH3 is 1. The maximum absolute atomic E-state index is 12.2. The van der Waals surface area contributed by atoms with Crippen LogP contribution in [0.2, 0.25) is 0 Å². The second kappa shape index (κ2) is 10.6. The normalized spacial score (nSPS) is 11.1. The molecule has 0 aliphatic rings. The minimum Gasteiger partial charge on any atom is -0.497 e. The van der Waals surface area contributed by atoms with Gasteiger partial charge in [-0.05, 0) is 57.2 Å². The quantitative estimate of drug-likeness (QED) is 0.355. The first-order chi connectivity index (χ1) is 14.6. The van der Waals surface area contributed by atoms with Crippen LogP contribution < -0.4 is 14.9 Å². The van der Waals surface area contributed by atoms with Crippen molar-refractivity contribution in [2.45, 2.75) is 13.3 Å². The molecule has 3 aromatic carbocycles. The number of hydrogen-bond donors (Lipinski definition) is 1. The van der Waals surface area contributed by atoms with Crippen molar-refractivity contribution in [1.82, 2.24) is 5.43 Å². The van der Waals surface area contributed by atoms with Gasteiger partial charge in [-0.25, -0.2) is 5.43 Å². The van der Waals surface area contributed by atoms with Gasteiger partial charge in [0.15, 0.2) is 6.61 Å². The van der Waals surface area contributed by atoms with Crippen LogP contribution in [0.3, 0.4) is 0 Å². The van der Waals surface area contributed by atoms with Crippen molar-refractivity contribution in [3.63, 3.8) is 0 Å². The fourth-order valence-electron chi connectivity index (χ4n) is 2.86. The fourth-order valence-corrected chi connectivity index (χ4v) is 3.34. The third-order valence-electron chi connectivity index (χ3n) is 4.47. The largest absolute Gasteiger partial charge is 0.497 e. The molecule has 0 atom stereocenters. The van der Waals surface area contributed by atoms with E-state index in [4.69, 9.17) is 9.47 Å². The molecule has 6 heteroatoms. The van der Waals surface area contributed by atoms with Crippen molar-refractivity contribution in [1.29, 1.82) is 0 Å². The Morgan fingerprint density at radius 2 is 1.70 bits per heavy atom. The molecule has 0 heterocycles. The van der Waals surface area contributed by atoms with Gasteiger partial charge in [0.2, 0.25) is 0 Å². The minimum absolute atomic E-state index is 0.141. The number of carbonyl (C=O) groups is 1. The molecule has 0 aromatic heterocycles. The van der Waals surface area contributed by atoms with Gasteiger partial charge in [-0.1, -0.05) is 61.5 Å². The maximum Gasteiger partial charge on any atom is 0.277 e. The molecule has 0 spiro atoms. The number of halogens is 1. The highest BCUT2D eigenvalue weighted by Gasteiger charge is 2.08. The highest BCUT2D eigenvalue weighted by molar-refractivity contribution is 9.10. The first-order valence-corrected chi connectivity index (χ1v) is 10.4. The summed E-state index contributed by atoms with van der Waals surface area (Å²) in [5, 5.41) is 4.28. The SMILES string of the molecule is CCC(=NNC(=O)COc1ccc(OC)cc1Br)c1ccc(-c2ccccc2)cc1. The first kappa shape index (κ1) is 21.6. The zero-order valence-electron chi connectivity index (χ0n) is 16.9. The van der Waals surface area contributed by atoms with Crippen LogP contribution in [0.4, 0.5) is 0 Å². The van der Waals surface area contributed by atoms with Crippen molar-refractivity contribution < 1.29 is 14.3 Å². The number of hydrazone groups is 1. The summed E-state index contributed by atoms with van der Waals surface area (Å²) in [6.07, 6.45) is 0.690. The summed E-state index contributed by atoms with van der Waals surface area (Å²) in [4.78, 5) is 12.2. The van der Waals surface area contributed by atoms with Crippen LogP contribution in [0.5, 0.6) is 11.5 Å². The van der Waals surface area contributed by atoms with E-state index in [9.17, 15) is 4.79 Å². The van der Waals surface area contributed by atoms with Crippen molar-refractivity contribution in [3.05, 3.63) is 82.8 Å². The van der Waals surface area contributed by atoms with E-state index in [0.29, 0.717) is 22.4 Å². The summed E-state index contributed by atoms with van der Waals surface area (Å²) in [6.45, 7) is 1.86. The second-order valence-corrected chi connectivity index (χ2v) is 7.33. The molecule has 3 rings (SSSR count). The van der Waals surface area contributed by atoms with Crippen LogP contribution in [-0.4, -0.2) is 25.3 Å². The summed E-state index contributed by atoms with van der Waals surface area (Å²) in [5.41, 5.74) is 6.64. The minimum atomic E-state index is -0.329. The number of hydrogen-bond acceptors (Lipinski definition) is 4. The Morgan fingerprint density at radius 3 is 2.33 bits per heavy atom. The molecule has 0 saturated carbocycles. The van der Waals surface area contributed by atoms with Gasteiger partial charge in [0.05, 0.1) is 17.3 Å². The molecule has 0 bridgehead atoms. The predicted octanol–water partition coefficient (Wildman–Crippen LogP) is 5.43. The number of nitrogens with one attached hydrogen (secondary N) is 1. The van der Waals surface area contributed by atoms with Gasteiger partial charge in [0.1, 0.15) is 11.5 Å². The van der Waals surface area contributed by atoms with Crippen LogP contribution in [0, 0.1) is 0 Å². The van der Waals surface area contributed by atoms with E-state index in [-0.39, 0.29) is 12.5 Å². The van der Waals surface area contributed by atoms with E-state index in [1.165, 1.54) is 0 Å². The topological polar surface area (TPSA) is 59.9 Å². The number of benzene rings is 3. The van der Waals surface area contributed by atoms with Crippen LogP contribution >= 0.6 is 15.9 Å². The lowest BCUT2D eigenvalue weighted by molar-refractivity contribution is -0.123. The molecule has 5 nitrogen and oxygen atoms in total. The van der Waals surface area contributed by atoms with E-state index in [2.05, 4.69) is 50.7 Å². The van der Waals surface area contributed by atoms with E-state index in [1.54, 1.807) is 25.3 Å². The van der Waals surface area contributed by atoms with E-state index >= 15 is 0 Å². The highest BCUT2D eigenvalue weighted by Crippen LogP contribution is 2.29. The number of carbonyl (C=O) groups excluding carboxylic acids is 1. The first-order valence-electron chi connectivity index (χ1n) is 9.58. The van der Waals surface area contributed by atoms with Crippen molar-refractivity contribution in [2.24, 2.45) is 5.10 Å². The molecule has 0 aliphatic carbocycles. The van der Waals surface area contributed by atoms with Gasteiger partial charge in [-0.2, -0.15) is 5.10 Å². The summed E-state index contributed by atoms with van der Waals surface area (Å²) in [5.74, 6) is 0.931. The summed E-state index contributed by atoms with van der Waals surface area (Å²) >= 11 is 3.40. The molecule has 3 aromatic rings. The zero-order valence-corrected chi connectivity index (χ0v) is 18.5. The highest BCUT2D eigenvalue weighted by atomic mass is 79.9. The molecule has 0 aliphatic heterocycles. The standard InChI is InChI=1S/C24H23BrN2O3/c1-3-22(19-11-9-18(10-12-19)17-7-5-4-6-8-17)26-27-24(28)16-30-23-14-13-20(29-2)15-21(23)25/h4-15H,3,16H2,1-2H3,(H,27,28). The lowest BCUT2D eigenvalue weighted by Crippen LogP contribution is -2.26. The average Bonchev–Trinajstić information content (AvgIpc) is 2.79. The Morgan fingerprint density at radius 1 is 1.00 bits per heavy atom. The Kier molecular flexibility index (Phi) is 7.63. The Balaban J connectivity index is 1.60. The smallest absolute Gasteiger partial charge is 0.277 e. The van der Waals surface area contributed by atoms with E-state index in [0.717, 1.165) is 22.4 Å². The molecule has 0 unspecified atom stereocenters. The lowest BCUT2D eigenvalue weighted by atomic mass is 10.0. The third kappa shape index (κ3) is 5.70. The van der Waals surface area contributed by atoms with Gasteiger partial charge >= 0.3 is 0 Å². The average molecular weight is 467 g/mol. The Bertz CT molecular complexity index is 1020. The molecular weight excluding hydrogens is 444 g/mol. The fraction of sp³-hybridized carbons (Fsp3) is 0.167. The lowest BCUT2D eigenvalue weighted by Gasteiger charge is -2.10. The molecule has 1 N–H and O–H groups in total. The van der Waals surface area contributed by atoms with Gasteiger partial charge in [0, 0.05) is 0 Å². The second-order valence-electron chi connectivity index (χ2n) is 6.48. The molecule has 0 fully saturated rings. The summed E-state index contributed by atoms with van der Waals surface area (Å²) < 4.78 is 11.4. The van der Waals surface area contributed by atoms with Crippen LogP contribution in [0.1, 0.15) is 18.9 Å². The van der Waals surface area contributed by atoms with Gasteiger partial charge in [-0.15, -0.1) is 0 Å². The number of ether oxygens (including phenoxy) is 2. The van der Waals surface area contributed by atoms with Crippen LogP contribution in [-0.2, 0) is 4.79 Å². The molecule has 1 amide bonds. The Hall–Kier alpha value is -3.12. The maximum atomic E-state index is 12.2. The third-order valence-corrected chi connectivity index (χ3v) is 5.09. The number of amides is 1. The van der Waals surface area contributed by atoms with Gasteiger partial charge in [0.25, 0.3) is 5.91 Å². The summed E-state index contributed by atoms with van der Waals surface area (Å²) in [7, 11) is 1.59. The monoisotopic (exact) mass is 466 g/mol. The van der Waals surface area contributed by atoms with Gasteiger partial charge in [-0.3, -0.25) is 4.79 Å². The predicted molar refractivity (Wildman–Crippen MR) is 123 cm³/mol. The van der Waals surface area contributed by atoms with Gasteiger partial charge < -0.3 is 9.47 Å². The molecule has 0 saturated heterocycles. The summed E-state index contributed by atoms with van der Waals surface area (Å²) in [6, 6.07) is 23.6. The van der Waals surface area contributed by atoms with E-state index in [1.807, 2.05) is 37.3 Å². The van der Waals surface area contributed by atoms with Crippen molar-refractivity contribution in [2.75, 3.05) is 13.7 Å². The molecule has 0 radical (unpaired) electrons. The van der Waals surface area contributed by atoms with Crippen molar-refractivity contribution in [3.8, 4) is 22.6 Å². The molecular formula is C24H23BrN2O3. The number of nitrogens with zero attached hydrogens (tertiary/aromatic N) is 1.